The monoisotopic (exact) mass is 566 g/mol. The number of allylic oxidation sites excluding steroid dienone is 2. The summed E-state index contributed by atoms with van der Waals surface area (Å²) in [7, 11) is 0. The Kier molecular flexibility index (Phi) is 29.2. The third-order valence-electron chi connectivity index (χ3n) is 8.34. The van der Waals surface area contributed by atoms with E-state index in [0.29, 0.717) is 12.8 Å². The fourth-order valence-electron chi connectivity index (χ4n) is 5.55. The standard InChI is InChI=1S/C36H71NO3/c1-3-5-7-9-11-13-15-17-18-20-22-24-26-28-30-32-35(39)36(37,40)33-34(38)31-29-27-25-23-21-19-16-14-12-10-8-6-4-2/h17-18,34,38,40H,3-16,19-33,37H2,1-2H3. The van der Waals surface area contributed by atoms with E-state index in [2.05, 4.69) is 26.0 Å². The highest BCUT2D eigenvalue weighted by molar-refractivity contribution is 5.86. The third kappa shape index (κ3) is 27.5. The molecule has 0 aliphatic rings. The van der Waals surface area contributed by atoms with Gasteiger partial charge >= 0.3 is 0 Å². The van der Waals surface area contributed by atoms with Crippen molar-refractivity contribution >= 4 is 5.78 Å². The average molecular weight is 566 g/mol. The first-order chi connectivity index (χ1) is 19.4. The molecule has 238 valence electrons. The van der Waals surface area contributed by atoms with Gasteiger partial charge in [-0.25, -0.2) is 0 Å². The maximum Gasteiger partial charge on any atom is 0.179 e. The highest BCUT2D eigenvalue weighted by Crippen LogP contribution is 2.18. The number of ketones is 1. The largest absolute Gasteiger partial charge is 0.393 e. The first-order valence-corrected chi connectivity index (χ1v) is 17.8. The Bertz CT molecular complexity index is 560. The maximum absolute atomic E-state index is 12.4. The van der Waals surface area contributed by atoms with Crippen LogP contribution in [0.2, 0.25) is 0 Å². The molecule has 0 heterocycles. The van der Waals surface area contributed by atoms with Crippen LogP contribution >= 0.6 is 0 Å². The van der Waals surface area contributed by atoms with Crippen molar-refractivity contribution < 1.29 is 15.0 Å². The van der Waals surface area contributed by atoms with Gasteiger partial charge in [-0.15, -0.1) is 0 Å². The summed E-state index contributed by atoms with van der Waals surface area (Å²) in [6, 6.07) is 0. The van der Waals surface area contributed by atoms with Crippen molar-refractivity contribution in [3.63, 3.8) is 0 Å². The summed E-state index contributed by atoms with van der Waals surface area (Å²) in [6.45, 7) is 4.53. The number of carbonyl (C=O) groups excluding carboxylic acids is 1. The van der Waals surface area contributed by atoms with Crippen molar-refractivity contribution in [2.24, 2.45) is 5.73 Å². The third-order valence-corrected chi connectivity index (χ3v) is 8.34. The minimum absolute atomic E-state index is 0.0465. The van der Waals surface area contributed by atoms with Gasteiger partial charge < -0.3 is 10.2 Å². The zero-order valence-corrected chi connectivity index (χ0v) is 27.1. The van der Waals surface area contributed by atoms with Crippen LogP contribution in [0.25, 0.3) is 0 Å². The van der Waals surface area contributed by atoms with Crippen molar-refractivity contribution in [3.8, 4) is 0 Å². The lowest BCUT2D eigenvalue weighted by Gasteiger charge is -2.24. The number of Topliss-reactive ketones (excluding diaryl/α,β-unsaturated/α-hetero) is 1. The molecule has 0 saturated heterocycles. The van der Waals surface area contributed by atoms with E-state index < -0.39 is 11.8 Å². The van der Waals surface area contributed by atoms with Crippen molar-refractivity contribution in [3.05, 3.63) is 12.2 Å². The minimum Gasteiger partial charge on any atom is -0.393 e. The highest BCUT2D eigenvalue weighted by atomic mass is 16.3. The summed E-state index contributed by atoms with van der Waals surface area (Å²) in [4.78, 5) is 12.4. The molecule has 4 N–H and O–H groups in total. The number of hydrogen-bond donors (Lipinski definition) is 3. The van der Waals surface area contributed by atoms with Gasteiger partial charge in [0, 0.05) is 12.8 Å². The second-order valence-corrected chi connectivity index (χ2v) is 12.6. The van der Waals surface area contributed by atoms with E-state index in [1.807, 2.05) is 0 Å². The van der Waals surface area contributed by atoms with E-state index in [1.54, 1.807) is 0 Å². The Morgan fingerprint density at radius 1 is 0.600 bits per heavy atom. The second-order valence-electron chi connectivity index (χ2n) is 12.6. The molecule has 0 bridgehead atoms. The van der Waals surface area contributed by atoms with Gasteiger partial charge in [0.15, 0.2) is 11.5 Å². The van der Waals surface area contributed by atoms with Gasteiger partial charge in [0.25, 0.3) is 0 Å². The summed E-state index contributed by atoms with van der Waals surface area (Å²) in [5.41, 5.74) is 4.01. The number of nitrogens with two attached hydrogens (primary N) is 1. The van der Waals surface area contributed by atoms with E-state index in [1.165, 1.54) is 128 Å². The topological polar surface area (TPSA) is 83.6 Å². The predicted molar refractivity (Wildman–Crippen MR) is 175 cm³/mol. The molecule has 0 rings (SSSR count). The Morgan fingerprint density at radius 3 is 1.38 bits per heavy atom. The maximum atomic E-state index is 12.4. The number of aliphatic hydroxyl groups excluding tert-OH is 1. The Balaban J connectivity index is 3.60. The van der Waals surface area contributed by atoms with Crippen molar-refractivity contribution in [2.45, 2.75) is 212 Å². The van der Waals surface area contributed by atoms with Crippen LogP contribution in [0, 0.1) is 0 Å². The number of unbranched alkanes of at least 4 members (excludes halogenated alkanes) is 23. The molecule has 0 fully saturated rings. The van der Waals surface area contributed by atoms with Crippen molar-refractivity contribution in [1.29, 1.82) is 0 Å². The van der Waals surface area contributed by atoms with Gasteiger partial charge in [0.05, 0.1) is 6.10 Å². The van der Waals surface area contributed by atoms with Crippen LogP contribution < -0.4 is 5.73 Å². The fourth-order valence-corrected chi connectivity index (χ4v) is 5.55. The molecule has 0 aliphatic carbocycles. The number of hydrogen-bond acceptors (Lipinski definition) is 4. The quantitative estimate of drug-likeness (QED) is 0.0430. The molecule has 0 saturated carbocycles. The van der Waals surface area contributed by atoms with Gasteiger partial charge in [-0.05, 0) is 38.5 Å². The summed E-state index contributed by atoms with van der Waals surface area (Å²) >= 11 is 0. The highest BCUT2D eigenvalue weighted by Gasteiger charge is 2.32. The number of carbonyl (C=O) groups is 1. The molecule has 2 unspecified atom stereocenters. The molecular weight excluding hydrogens is 494 g/mol. The molecule has 0 amide bonds. The molecule has 40 heavy (non-hydrogen) atoms. The minimum atomic E-state index is -1.89. The molecule has 0 spiro atoms. The first kappa shape index (κ1) is 39.3. The molecule has 0 aliphatic heterocycles. The Morgan fingerprint density at radius 2 is 0.950 bits per heavy atom. The van der Waals surface area contributed by atoms with Gasteiger partial charge in [0.1, 0.15) is 0 Å². The Labute approximate surface area is 250 Å². The molecule has 4 heteroatoms. The lowest BCUT2D eigenvalue weighted by molar-refractivity contribution is -0.140. The summed E-state index contributed by atoms with van der Waals surface area (Å²) in [5.74, 6) is -0.324. The molecular formula is C36H71NO3. The van der Waals surface area contributed by atoms with Crippen LogP contribution in [-0.4, -0.2) is 27.8 Å². The van der Waals surface area contributed by atoms with Crippen LogP contribution in [-0.2, 0) is 4.79 Å². The molecule has 0 aromatic heterocycles. The van der Waals surface area contributed by atoms with E-state index >= 15 is 0 Å². The Hall–Kier alpha value is -0.710. The smallest absolute Gasteiger partial charge is 0.179 e. The zero-order chi connectivity index (χ0) is 29.6. The lowest BCUT2D eigenvalue weighted by atomic mass is 9.94. The molecule has 2 atom stereocenters. The summed E-state index contributed by atoms with van der Waals surface area (Å²) in [5, 5.41) is 20.8. The normalized spacial score (nSPS) is 14.1. The number of aliphatic hydroxyl groups is 2. The SMILES string of the molecule is CCCCCCCCC=CCCCCCCCC(=O)C(N)(O)CC(O)CCCCCCCCCCCCCCC. The average Bonchev–Trinajstić information content (AvgIpc) is 2.93. The summed E-state index contributed by atoms with van der Waals surface area (Å²) < 4.78 is 0. The second kappa shape index (κ2) is 29.8. The zero-order valence-electron chi connectivity index (χ0n) is 27.1. The lowest BCUT2D eigenvalue weighted by Crippen LogP contribution is -2.50. The van der Waals surface area contributed by atoms with Crippen molar-refractivity contribution in [2.75, 3.05) is 0 Å². The van der Waals surface area contributed by atoms with E-state index in [4.69, 9.17) is 5.73 Å². The molecule has 0 aromatic rings. The van der Waals surface area contributed by atoms with Gasteiger partial charge in [-0.3, -0.25) is 10.5 Å². The van der Waals surface area contributed by atoms with Crippen LogP contribution in [0.4, 0.5) is 0 Å². The van der Waals surface area contributed by atoms with Crippen LogP contribution in [0.1, 0.15) is 200 Å². The predicted octanol–water partition coefficient (Wildman–Crippen LogP) is 10.5. The van der Waals surface area contributed by atoms with Crippen LogP contribution in [0.3, 0.4) is 0 Å². The van der Waals surface area contributed by atoms with Crippen LogP contribution in [0.15, 0.2) is 12.2 Å². The molecule has 4 nitrogen and oxygen atoms in total. The summed E-state index contributed by atoms with van der Waals surface area (Å²) in [6.07, 6.45) is 37.4. The van der Waals surface area contributed by atoms with Gasteiger partial charge in [-0.2, -0.15) is 0 Å². The fraction of sp³-hybridized carbons (Fsp3) is 0.917. The molecule has 0 aromatic carbocycles. The number of rotatable bonds is 32. The van der Waals surface area contributed by atoms with Crippen molar-refractivity contribution in [1.82, 2.24) is 0 Å². The van der Waals surface area contributed by atoms with E-state index in [-0.39, 0.29) is 12.2 Å². The first-order valence-electron chi connectivity index (χ1n) is 17.8. The van der Waals surface area contributed by atoms with E-state index in [0.717, 1.165) is 38.5 Å². The van der Waals surface area contributed by atoms with Gasteiger partial charge in [0.2, 0.25) is 0 Å². The van der Waals surface area contributed by atoms with Crippen LogP contribution in [0.5, 0.6) is 0 Å². The van der Waals surface area contributed by atoms with E-state index in [9.17, 15) is 15.0 Å². The molecule has 0 radical (unpaired) electrons. The van der Waals surface area contributed by atoms with Gasteiger partial charge in [-0.1, -0.05) is 161 Å².